The van der Waals surface area contributed by atoms with Gasteiger partial charge in [-0.1, -0.05) is 0 Å². The van der Waals surface area contributed by atoms with Crippen LogP contribution in [0.4, 0.5) is 0 Å². The van der Waals surface area contributed by atoms with Gasteiger partial charge in [-0.15, -0.1) is 0 Å². The van der Waals surface area contributed by atoms with Crippen molar-refractivity contribution in [2.45, 2.75) is 24.9 Å². The van der Waals surface area contributed by atoms with Crippen molar-refractivity contribution in [1.29, 1.82) is 0 Å². The average molecular weight is 466 g/mol. The van der Waals surface area contributed by atoms with Crippen LogP contribution in [0.5, 0.6) is 40.2 Å². The maximum atomic E-state index is 11.5. The molecule has 0 aromatic heterocycles. The van der Waals surface area contributed by atoms with E-state index in [0.717, 1.165) is 11.1 Å². The minimum absolute atomic E-state index is 0.0148. The van der Waals surface area contributed by atoms with Gasteiger partial charge >= 0.3 is 0 Å². The zero-order valence-corrected chi connectivity index (χ0v) is 19.1. The maximum absolute atomic E-state index is 11.5. The van der Waals surface area contributed by atoms with Crippen LogP contribution in [0.15, 0.2) is 30.3 Å². The summed E-state index contributed by atoms with van der Waals surface area (Å²) in [5.41, 5.74) is 4.16. The second kappa shape index (κ2) is 8.22. The van der Waals surface area contributed by atoms with Gasteiger partial charge in [-0.2, -0.15) is 0 Å². The van der Waals surface area contributed by atoms with E-state index in [1.807, 2.05) is 0 Å². The van der Waals surface area contributed by atoms with E-state index in [9.17, 15) is 20.4 Å². The van der Waals surface area contributed by atoms with Crippen LogP contribution in [-0.4, -0.2) is 48.4 Å². The number of benzene rings is 3. The predicted octanol–water partition coefficient (Wildman–Crippen LogP) is 3.80. The molecule has 0 fully saturated rings. The molecule has 0 unspecified atom stereocenters. The lowest BCUT2D eigenvalue weighted by Crippen LogP contribution is -2.26. The lowest BCUT2D eigenvalue weighted by Gasteiger charge is -2.35. The highest BCUT2D eigenvalue weighted by Gasteiger charge is 2.37. The first kappa shape index (κ1) is 22.0. The van der Waals surface area contributed by atoms with Crippen LogP contribution in [0.25, 0.3) is 11.1 Å². The van der Waals surface area contributed by atoms with Gasteiger partial charge in [-0.05, 0) is 47.7 Å². The van der Waals surface area contributed by atoms with Crippen LogP contribution in [0.2, 0.25) is 0 Å². The van der Waals surface area contributed by atoms with Gasteiger partial charge in [0.1, 0.15) is 23.0 Å². The molecule has 1 aliphatic carbocycles. The third kappa shape index (κ3) is 3.25. The van der Waals surface area contributed by atoms with Gasteiger partial charge in [0.2, 0.25) is 5.75 Å². The number of hydrogen-bond donors (Lipinski definition) is 4. The molecule has 3 aromatic rings. The minimum Gasteiger partial charge on any atom is -0.508 e. The van der Waals surface area contributed by atoms with Gasteiger partial charge in [-0.3, -0.25) is 0 Å². The number of ether oxygens (including phenoxy) is 4. The Morgan fingerprint density at radius 2 is 1.47 bits per heavy atom. The van der Waals surface area contributed by atoms with Crippen molar-refractivity contribution in [3.8, 4) is 51.4 Å². The molecule has 0 saturated carbocycles. The molecule has 2 aliphatic rings. The van der Waals surface area contributed by atoms with Crippen LogP contribution < -0.4 is 18.9 Å². The Morgan fingerprint density at radius 1 is 0.824 bits per heavy atom. The summed E-state index contributed by atoms with van der Waals surface area (Å²) < 4.78 is 22.0. The third-order valence-electron chi connectivity index (χ3n) is 6.75. The molecule has 34 heavy (non-hydrogen) atoms. The lowest BCUT2D eigenvalue weighted by atomic mass is 9.77. The fraction of sp³-hybridized carbons (Fsp3) is 0.308. The summed E-state index contributed by atoms with van der Waals surface area (Å²) in [6, 6.07) is 7.98. The van der Waals surface area contributed by atoms with Gasteiger partial charge in [0, 0.05) is 34.7 Å². The Hall–Kier alpha value is -3.78. The molecule has 178 valence electrons. The highest BCUT2D eigenvalue weighted by Crippen LogP contribution is 2.53. The number of phenolic OH excluding ortho intramolecular Hbond substituents is 3. The SMILES string of the molecule is COc1cc([C@H]2COc3cc(O)c4c(c3[C@H]2O)CCc2c(OC)cc(O)cc2-4)cc(OC)c1O. The normalized spacial score (nSPS) is 18.2. The summed E-state index contributed by atoms with van der Waals surface area (Å²) in [5.74, 6) is 0.898. The van der Waals surface area contributed by atoms with E-state index in [1.54, 1.807) is 31.4 Å². The standard InChI is InChI=1S/C26H26O8/c1-31-19-9-13(27)8-16-14(19)4-5-15-23(16)18(28)10-20-24(15)25(29)17(11-34-20)12-6-21(32-2)26(30)22(7-12)33-3/h6-10,17,25,27-30H,4-5,11H2,1-3H3/t17-,25+/m1/s1. The van der Waals surface area contributed by atoms with E-state index in [2.05, 4.69) is 0 Å². The smallest absolute Gasteiger partial charge is 0.200 e. The number of aliphatic hydroxyl groups is 1. The van der Waals surface area contributed by atoms with E-state index in [-0.39, 0.29) is 35.4 Å². The first-order valence-corrected chi connectivity index (χ1v) is 10.9. The van der Waals surface area contributed by atoms with Crippen molar-refractivity contribution in [2.24, 2.45) is 0 Å². The Bertz CT molecular complexity index is 1260. The molecule has 0 radical (unpaired) electrons. The van der Waals surface area contributed by atoms with Crippen molar-refractivity contribution in [1.82, 2.24) is 0 Å². The molecule has 8 nitrogen and oxygen atoms in total. The van der Waals surface area contributed by atoms with Gasteiger partial charge in [0.15, 0.2) is 11.5 Å². The molecular weight excluding hydrogens is 440 g/mol. The second-order valence-corrected chi connectivity index (χ2v) is 8.47. The van der Waals surface area contributed by atoms with E-state index >= 15 is 0 Å². The van der Waals surface area contributed by atoms with Crippen LogP contribution in [-0.2, 0) is 12.8 Å². The number of methoxy groups -OCH3 is 3. The monoisotopic (exact) mass is 466 g/mol. The molecule has 1 aliphatic heterocycles. The summed E-state index contributed by atoms with van der Waals surface area (Å²) in [6.45, 7) is 0.161. The fourth-order valence-corrected chi connectivity index (χ4v) is 5.14. The summed E-state index contributed by atoms with van der Waals surface area (Å²) in [6.07, 6.45) is 0.216. The van der Waals surface area contributed by atoms with Crippen LogP contribution in [0.3, 0.4) is 0 Å². The number of rotatable bonds is 4. The van der Waals surface area contributed by atoms with Gasteiger partial charge in [-0.25, -0.2) is 0 Å². The van der Waals surface area contributed by atoms with Crippen molar-refractivity contribution < 1.29 is 39.4 Å². The molecule has 0 saturated heterocycles. The molecule has 5 rings (SSSR count). The second-order valence-electron chi connectivity index (χ2n) is 8.47. The zero-order chi connectivity index (χ0) is 24.1. The summed E-state index contributed by atoms with van der Waals surface area (Å²) in [7, 11) is 4.43. The van der Waals surface area contributed by atoms with Crippen LogP contribution in [0, 0.1) is 0 Å². The third-order valence-corrected chi connectivity index (χ3v) is 6.75. The quantitative estimate of drug-likeness (QED) is 0.459. The van der Waals surface area contributed by atoms with E-state index < -0.39 is 12.0 Å². The molecule has 0 spiro atoms. The molecule has 8 heteroatoms. The average Bonchev–Trinajstić information content (AvgIpc) is 2.83. The van der Waals surface area contributed by atoms with Crippen LogP contribution in [0.1, 0.15) is 34.3 Å². The van der Waals surface area contributed by atoms with E-state index in [4.69, 9.17) is 18.9 Å². The van der Waals surface area contributed by atoms with E-state index in [1.165, 1.54) is 20.3 Å². The zero-order valence-electron chi connectivity index (χ0n) is 19.1. The Labute approximate surface area is 196 Å². The number of fused-ring (bicyclic) bond motifs is 5. The lowest BCUT2D eigenvalue weighted by molar-refractivity contribution is 0.0875. The predicted molar refractivity (Wildman–Crippen MR) is 124 cm³/mol. The number of aliphatic hydroxyl groups excluding tert-OH is 1. The largest absolute Gasteiger partial charge is 0.508 e. The summed E-state index contributed by atoms with van der Waals surface area (Å²) >= 11 is 0. The Morgan fingerprint density at radius 3 is 2.12 bits per heavy atom. The van der Waals surface area contributed by atoms with Gasteiger partial charge in [0.25, 0.3) is 0 Å². The van der Waals surface area contributed by atoms with Crippen LogP contribution >= 0.6 is 0 Å². The molecule has 2 atom stereocenters. The topological polar surface area (TPSA) is 118 Å². The Kier molecular flexibility index (Phi) is 5.32. The van der Waals surface area contributed by atoms with Crippen molar-refractivity contribution in [2.75, 3.05) is 27.9 Å². The first-order chi connectivity index (χ1) is 16.4. The van der Waals surface area contributed by atoms with E-state index in [0.29, 0.717) is 46.6 Å². The maximum Gasteiger partial charge on any atom is 0.200 e. The first-order valence-electron chi connectivity index (χ1n) is 10.9. The number of aromatic hydroxyl groups is 3. The fourth-order valence-electron chi connectivity index (χ4n) is 5.14. The Balaban J connectivity index is 1.66. The molecule has 0 bridgehead atoms. The number of phenols is 3. The molecule has 0 amide bonds. The molecule has 1 heterocycles. The molecule has 3 aromatic carbocycles. The summed E-state index contributed by atoms with van der Waals surface area (Å²) in [4.78, 5) is 0. The summed E-state index contributed by atoms with van der Waals surface area (Å²) in [5, 5.41) is 43.0. The van der Waals surface area contributed by atoms with Crippen molar-refractivity contribution in [3.05, 3.63) is 52.6 Å². The van der Waals surface area contributed by atoms with Crippen molar-refractivity contribution >= 4 is 0 Å². The molecular formula is C26H26O8. The molecule has 4 N–H and O–H groups in total. The van der Waals surface area contributed by atoms with Gasteiger partial charge in [0.05, 0.1) is 34.0 Å². The number of hydrogen-bond acceptors (Lipinski definition) is 8. The highest BCUT2D eigenvalue weighted by molar-refractivity contribution is 5.83. The minimum atomic E-state index is -0.946. The van der Waals surface area contributed by atoms with Crippen molar-refractivity contribution in [3.63, 3.8) is 0 Å². The van der Waals surface area contributed by atoms with Gasteiger partial charge < -0.3 is 39.4 Å². The highest BCUT2D eigenvalue weighted by atomic mass is 16.5.